The van der Waals surface area contributed by atoms with Gasteiger partial charge in [-0.25, -0.2) is 4.39 Å². The second kappa shape index (κ2) is 4.05. The van der Waals surface area contributed by atoms with Crippen LogP contribution in [0, 0.1) is 5.82 Å². The van der Waals surface area contributed by atoms with Gasteiger partial charge in [0, 0.05) is 5.56 Å². The molecule has 1 aromatic rings. The molecule has 70 valence electrons. The summed E-state index contributed by atoms with van der Waals surface area (Å²) in [6.45, 7) is 3.54. The minimum Gasteiger partial charge on any atom is -0.493 e. The summed E-state index contributed by atoms with van der Waals surface area (Å²) in [5.74, 6) is -0.216. The summed E-state index contributed by atoms with van der Waals surface area (Å²) >= 11 is 0. The maximum Gasteiger partial charge on any atom is 0.165 e. The van der Waals surface area contributed by atoms with Crippen molar-refractivity contribution in [3.8, 4) is 5.75 Å². The molecule has 2 nitrogen and oxygen atoms in total. The number of nitrogens with two attached hydrogens (primary N) is 1. The maximum absolute atomic E-state index is 13.1. The Bertz CT molecular complexity index is 312. The van der Waals surface area contributed by atoms with E-state index in [9.17, 15) is 4.39 Å². The smallest absolute Gasteiger partial charge is 0.165 e. The molecule has 0 spiro atoms. The van der Waals surface area contributed by atoms with Crippen molar-refractivity contribution in [2.45, 2.75) is 6.04 Å². The maximum atomic E-state index is 13.1. The summed E-state index contributed by atoms with van der Waals surface area (Å²) in [4.78, 5) is 0. The van der Waals surface area contributed by atoms with Crippen LogP contribution in [-0.4, -0.2) is 7.11 Å². The van der Waals surface area contributed by atoms with Crippen LogP contribution in [0.2, 0.25) is 0 Å². The summed E-state index contributed by atoms with van der Waals surface area (Å²) < 4.78 is 18.0. The predicted octanol–water partition coefficient (Wildman–Crippen LogP) is 2.02. The highest BCUT2D eigenvalue weighted by atomic mass is 19.1. The molecule has 1 aromatic carbocycles. The first kappa shape index (κ1) is 9.74. The third-order valence-corrected chi connectivity index (χ3v) is 1.81. The Balaban J connectivity index is 3.19. The van der Waals surface area contributed by atoms with Crippen LogP contribution in [0.3, 0.4) is 0 Å². The second-order valence-electron chi connectivity index (χ2n) is 2.62. The first-order chi connectivity index (χ1) is 6.20. The molecule has 0 aliphatic heterocycles. The van der Waals surface area contributed by atoms with Crippen molar-refractivity contribution in [3.63, 3.8) is 0 Å². The fourth-order valence-corrected chi connectivity index (χ4v) is 1.13. The van der Waals surface area contributed by atoms with Crippen molar-refractivity contribution in [1.82, 2.24) is 0 Å². The van der Waals surface area contributed by atoms with E-state index in [1.165, 1.54) is 19.3 Å². The number of hydrogen-bond donors (Lipinski definition) is 1. The van der Waals surface area contributed by atoms with Crippen LogP contribution in [0.15, 0.2) is 30.9 Å². The normalized spacial score (nSPS) is 12.2. The summed E-state index contributed by atoms with van der Waals surface area (Å²) in [7, 11) is 1.41. The summed E-state index contributed by atoms with van der Waals surface area (Å²) in [6, 6.07) is 4.24. The molecule has 13 heavy (non-hydrogen) atoms. The van der Waals surface area contributed by atoms with Gasteiger partial charge in [0.25, 0.3) is 0 Å². The predicted molar refractivity (Wildman–Crippen MR) is 50.1 cm³/mol. The standard InChI is InChI=1S/C10H12FNO/c1-3-9(12)7-5-4-6-8(11)10(7)13-2/h3-6,9H,1,12H2,2H3. The van der Waals surface area contributed by atoms with Gasteiger partial charge >= 0.3 is 0 Å². The van der Waals surface area contributed by atoms with Gasteiger partial charge in [0.1, 0.15) is 0 Å². The van der Waals surface area contributed by atoms with Crippen molar-refractivity contribution in [2.75, 3.05) is 7.11 Å². The van der Waals surface area contributed by atoms with E-state index in [2.05, 4.69) is 6.58 Å². The van der Waals surface area contributed by atoms with E-state index in [-0.39, 0.29) is 5.75 Å². The lowest BCUT2D eigenvalue weighted by atomic mass is 10.1. The van der Waals surface area contributed by atoms with E-state index in [0.29, 0.717) is 5.56 Å². The zero-order chi connectivity index (χ0) is 9.84. The molecule has 0 amide bonds. The van der Waals surface area contributed by atoms with Crippen LogP contribution in [0.5, 0.6) is 5.75 Å². The van der Waals surface area contributed by atoms with Crippen molar-refractivity contribution in [2.24, 2.45) is 5.73 Å². The Morgan fingerprint density at radius 3 is 2.85 bits per heavy atom. The molecule has 0 fully saturated rings. The van der Waals surface area contributed by atoms with Gasteiger partial charge in [-0.2, -0.15) is 0 Å². The van der Waals surface area contributed by atoms with Crippen molar-refractivity contribution in [3.05, 3.63) is 42.2 Å². The zero-order valence-electron chi connectivity index (χ0n) is 7.46. The monoisotopic (exact) mass is 181 g/mol. The average molecular weight is 181 g/mol. The lowest BCUT2D eigenvalue weighted by Crippen LogP contribution is -2.09. The Morgan fingerprint density at radius 2 is 2.31 bits per heavy atom. The summed E-state index contributed by atoms with van der Waals surface area (Å²) in [6.07, 6.45) is 1.54. The fourth-order valence-electron chi connectivity index (χ4n) is 1.13. The molecule has 0 aromatic heterocycles. The molecule has 1 atom stereocenters. The largest absolute Gasteiger partial charge is 0.493 e. The molecule has 0 aliphatic carbocycles. The molecule has 1 rings (SSSR count). The van der Waals surface area contributed by atoms with E-state index in [1.54, 1.807) is 12.1 Å². The van der Waals surface area contributed by atoms with E-state index in [0.717, 1.165) is 0 Å². The van der Waals surface area contributed by atoms with Crippen LogP contribution in [-0.2, 0) is 0 Å². The summed E-state index contributed by atoms with van der Waals surface area (Å²) in [5.41, 5.74) is 6.28. The third-order valence-electron chi connectivity index (χ3n) is 1.81. The molecule has 0 saturated heterocycles. The van der Waals surface area contributed by atoms with Crippen molar-refractivity contribution in [1.29, 1.82) is 0 Å². The molecular weight excluding hydrogens is 169 g/mol. The minimum absolute atomic E-state index is 0.190. The molecule has 0 radical (unpaired) electrons. The number of para-hydroxylation sites is 1. The van der Waals surface area contributed by atoms with E-state index in [1.807, 2.05) is 0 Å². The Kier molecular flexibility index (Phi) is 3.03. The Hall–Kier alpha value is -1.35. The van der Waals surface area contributed by atoms with Gasteiger partial charge < -0.3 is 10.5 Å². The van der Waals surface area contributed by atoms with Crippen LogP contribution in [0.4, 0.5) is 4.39 Å². The molecule has 0 bridgehead atoms. The topological polar surface area (TPSA) is 35.2 Å². The quantitative estimate of drug-likeness (QED) is 0.724. The minimum atomic E-state index is -0.405. The van der Waals surface area contributed by atoms with E-state index >= 15 is 0 Å². The lowest BCUT2D eigenvalue weighted by Gasteiger charge is -2.12. The lowest BCUT2D eigenvalue weighted by molar-refractivity contribution is 0.380. The fraction of sp³-hybridized carbons (Fsp3) is 0.200. The van der Waals surface area contributed by atoms with Gasteiger partial charge in [-0.1, -0.05) is 18.2 Å². The molecule has 2 N–H and O–H groups in total. The number of ether oxygens (including phenoxy) is 1. The van der Waals surface area contributed by atoms with Crippen LogP contribution in [0.25, 0.3) is 0 Å². The highest BCUT2D eigenvalue weighted by Crippen LogP contribution is 2.26. The highest BCUT2D eigenvalue weighted by molar-refractivity contribution is 5.38. The Morgan fingerprint density at radius 1 is 1.62 bits per heavy atom. The van der Waals surface area contributed by atoms with Gasteiger partial charge in [0.2, 0.25) is 0 Å². The second-order valence-corrected chi connectivity index (χ2v) is 2.62. The van der Waals surface area contributed by atoms with Gasteiger partial charge in [-0.15, -0.1) is 6.58 Å². The SMILES string of the molecule is C=CC(N)c1cccc(F)c1OC. The number of rotatable bonds is 3. The molecular formula is C10H12FNO. The zero-order valence-corrected chi connectivity index (χ0v) is 7.46. The molecule has 3 heteroatoms. The van der Waals surface area contributed by atoms with Gasteiger partial charge in [-0.05, 0) is 6.07 Å². The van der Waals surface area contributed by atoms with Gasteiger partial charge in [0.15, 0.2) is 11.6 Å². The first-order valence-electron chi connectivity index (χ1n) is 3.91. The summed E-state index contributed by atoms with van der Waals surface area (Å²) in [5, 5.41) is 0. The van der Waals surface area contributed by atoms with Crippen molar-refractivity contribution >= 4 is 0 Å². The Labute approximate surface area is 76.8 Å². The van der Waals surface area contributed by atoms with Crippen LogP contribution < -0.4 is 10.5 Å². The highest BCUT2D eigenvalue weighted by Gasteiger charge is 2.12. The molecule has 0 saturated carbocycles. The number of benzene rings is 1. The number of hydrogen-bond acceptors (Lipinski definition) is 2. The van der Waals surface area contributed by atoms with E-state index in [4.69, 9.17) is 10.5 Å². The number of methoxy groups -OCH3 is 1. The molecule has 0 heterocycles. The van der Waals surface area contributed by atoms with E-state index < -0.39 is 11.9 Å². The number of halogens is 1. The first-order valence-corrected chi connectivity index (χ1v) is 3.91. The van der Waals surface area contributed by atoms with Gasteiger partial charge in [-0.3, -0.25) is 0 Å². The molecule has 1 unspecified atom stereocenters. The average Bonchev–Trinajstić information content (AvgIpc) is 2.16. The van der Waals surface area contributed by atoms with Crippen LogP contribution >= 0.6 is 0 Å². The van der Waals surface area contributed by atoms with Crippen molar-refractivity contribution < 1.29 is 9.13 Å². The third kappa shape index (κ3) is 1.87. The van der Waals surface area contributed by atoms with Crippen LogP contribution in [0.1, 0.15) is 11.6 Å². The molecule has 0 aliphatic rings. The van der Waals surface area contributed by atoms with Gasteiger partial charge in [0.05, 0.1) is 13.2 Å².